The molecule has 0 saturated heterocycles. The minimum atomic E-state index is -4.67. The van der Waals surface area contributed by atoms with Crippen LogP contribution in [0.2, 0.25) is 0 Å². The van der Waals surface area contributed by atoms with Crippen LogP contribution < -0.4 is 9.62 Å². The lowest BCUT2D eigenvalue weighted by Crippen LogP contribution is -2.38. The van der Waals surface area contributed by atoms with Crippen molar-refractivity contribution < 1.29 is 26.4 Å². The number of anilines is 1. The van der Waals surface area contributed by atoms with Crippen LogP contribution in [0.4, 0.5) is 18.9 Å². The Hall–Kier alpha value is -1.77. The number of carbonyl (C=O) groups excluding carboxylic acids is 1. The highest BCUT2D eigenvalue weighted by Crippen LogP contribution is 2.37. The summed E-state index contributed by atoms with van der Waals surface area (Å²) in [5.74, 6) is -0.308. The molecular weight excluding hydrogens is 321 g/mol. The van der Waals surface area contributed by atoms with Gasteiger partial charge in [0.25, 0.3) is 0 Å². The van der Waals surface area contributed by atoms with Crippen LogP contribution in [-0.4, -0.2) is 33.7 Å². The second kappa shape index (κ2) is 6.99. The molecule has 0 aliphatic heterocycles. The van der Waals surface area contributed by atoms with Crippen LogP contribution in [0.1, 0.15) is 18.9 Å². The maximum Gasteiger partial charge on any atom is 0.418 e. The minimum Gasteiger partial charge on any atom is -0.354 e. The molecule has 0 unspecified atom stereocenters. The summed E-state index contributed by atoms with van der Waals surface area (Å²) in [5.41, 5.74) is -1.49. The van der Waals surface area contributed by atoms with E-state index in [9.17, 15) is 26.4 Å². The molecule has 1 amide bonds. The van der Waals surface area contributed by atoms with Crippen molar-refractivity contribution in [1.29, 1.82) is 0 Å². The van der Waals surface area contributed by atoms with E-state index < -0.39 is 27.5 Å². The molecule has 0 atom stereocenters. The molecule has 1 aromatic carbocycles. The summed E-state index contributed by atoms with van der Waals surface area (Å²) < 4.78 is 63.3. The second-order valence-corrected chi connectivity index (χ2v) is 6.46. The van der Waals surface area contributed by atoms with Crippen molar-refractivity contribution in [2.24, 2.45) is 0 Å². The first kappa shape index (κ1) is 18.3. The van der Waals surface area contributed by atoms with Gasteiger partial charge in [0.15, 0.2) is 0 Å². The normalized spacial score (nSPS) is 12.0. The first-order chi connectivity index (χ1) is 10.1. The number of sulfonamides is 1. The lowest BCUT2D eigenvalue weighted by atomic mass is 10.1. The third kappa shape index (κ3) is 4.90. The number of carbonyl (C=O) groups is 1. The molecule has 0 radical (unpaired) electrons. The van der Waals surface area contributed by atoms with E-state index in [2.05, 4.69) is 5.32 Å². The maximum atomic E-state index is 13.0. The van der Waals surface area contributed by atoms with Crippen molar-refractivity contribution in [2.45, 2.75) is 19.5 Å². The topological polar surface area (TPSA) is 66.5 Å². The number of halogens is 3. The van der Waals surface area contributed by atoms with Gasteiger partial charge in [0.1, 0.15) is 0 Å². The molecule has 0 saturated carbocycles. The van der Waals surface area contributed by atoms with Gasteiger partial charge in [-0.05, 0) is 12.1 Å². The maximum absolute atomic E-state index is 13.0. The Labute approximate surface area is 127 Å². The van der Waals surface area contributed by atoms with E-state index in [1.165, 1.54) is 12.1 Å². The van der Waals surface area contributed by atoms with Gasteiger partial charge in [-0.3, -0.25) is 9.10 Å². The van der Waals surface area contributed by atoms with Crippen LogP contribution in [0.25, 0.3) is 0 Å². The second-order valence-electron chi connectivity index (χ2n) is 4.55. The van der Waals surface area contributed by atoms with Gasteiger partial charge in [0.2, 0.25) is 15.9 Å². The first-order valence-electron chi connectivity index (χ1n) is 6.48. The Morgan fingerprint density at radius 3 is 2.36 bits per heavy atom. The van der Waals surface area contributed by atoms with Crippen molar-refractivity contribution in [3.8, 4) is 0 Å². The summed E-state index contributed by atoms with van der Waals surface area (Å²) in [7, 11) is -3.92. The molecule has 1 rings (SSSR count). The van der Waals surface area contributed by atoms with E-state index in [4.69, 9.17) is 0 Å². The number of hydrogen-bond donors (Lipinski definition) is 1. The molecule has 0 heterocycles. The van der Waals surface area contributed by atoms with E-state index in [1.54, 1.807) is 6.92 Å². The highest BCUT2D eigenvalue weighted by Gasteiger charge is 2.36. The van der Waals surface area contributed by atoms with Crippen LogP contribution in [0.5, 0.6) is 0 Å². The summed E-state index contributed by atoms with van der Waals surface area (Å²) in [4.78, 5) is 11.1. The summed E-state index contributed by atoms with van der Waals surface area (Å²) in [6, 6.07) is 4.42. The number of benzene rings is 1. The molecule has 5 nitrogen and oxygen atoms in total. The van der Waals surface area contributed by atoms with Crippen molar-refractivity contribution in [2.75, 3.05) is 23.7 Å². The SMILES string of the molecule is CCC(=O)NCCN(c1ccccc1C(F)(F)F)S(C)(=O)=O. The highest BCUT2D eigenvalue weighted by molar-refractivity contribution is 7.92. The number of nitrogens with zero attached hydrogens (tertiary/aromatic N) is 1. The van der Waals surface area contributed by atoms with Gasteiger partial charge >= 0.3 is 6.18 Å². The van der Waals surface area contributed by atoms with Gasteiger partial charge in [0.05, 0.1) is 24.1 Å². The zero-order chi connectivity index (χ0) is 17.0. The number of para-hydroxylation sites is 1. The van der Waals surface area contributed by atoms with Crippen molar-refractivity contribution in [3.63, 3.8) is 0 Å². The number of alkyl halides is 3. The lowest BCUT2D eigenvalue weighted by Gasteiger charge is -2.25. The number of hydrogen-bond acceptors (Lipinski definition) is 3. The Morgan fingerprint density at radius 1 is 1.27 bits per heavy atom. The van der Waals surface area contributed by atoms with Crippen molar-refractivity contribution in [1.82, 2.24) is 5.32 Å². The predicted molar refractivity (Wildman–Crippen MR) is 76.9 cm³/mol. The van der Waals surface area contributed by atoms with Gasteiger partial charge < -0.3 is 5.32 Å². The third-order valence-electron chi connectivity index (χ3n) is 2.84. The molecule has 1 aromatic rings. The quantitative estimate of drug-likeness (QED) is 0.863. The van der Waals surface area contributed by atoms with Gasteiger partial charge in [-0.15, -0.1) is 0 Å². The van der Waals surface area contributed by atoms with E-state index >= 15 is 0 Å². The fourth-order valence-corrected chi connectivity index (χ4v) is 2.76. The molecule has 124 valence electrons. The molecular formula is C13H17F3N2O3S. The van der Waals surface area contributed by atoms with E-state index in [0.29, 0.717) is 4.31 Å². The Morgan fingerprint density at radius 2 is 1.86 bits per heavy atom. The monoisotopic (exact) mass is 338 g/mol. The summed E-state index contributed by atoms with van der Waals surface area (Å²) in [6.07, 6.45) is -3.65. The van der Waals surface area contributed by atoms with Gasteiger partial charge in [0, 0.05) is 13.0 Å². The van der Waals surface area contributed by atoms with Crippen LogP contribution in [0.15, 0.2) is 24.3 Å². The zero-order valence-corrected chi connectivity index (χ0v) is 13.0. The molecule has 0 aliphatic rings. The zero-order valence-electron chi connectivity index (χ0n) is 12.1. The standard InChI is InChI=1S/C13H17F3N2O3S/c1-3-12(19)17-8-9-18(22(2,20)21)11-7-5-4-6-10(11)13(14,15)16/h4-7H,3,8-9H2,1-2H3,(H,17,19). The van der Waals surface area contributed by atoms with Crippen molar-refractivity contribution in [3.05, 3.63) is 29.8 Å². The number of nitrogens with one attached hydrogen (secondary N) is 1. The van der Waals surface area contributed by atoms with E-state index in [-0.39, 0.29) is 25.4 Å². The van der Waals surface area contributed by atoms with Gasteiger partial charge in [-0.1, -0.05) is 19.1 Å². The summed E-state index contributed by atoms with van der Waals surface area (Å²) in [5, 5.41) is 2.44. The fourth-order valence-electron chi connectivity index (χ4n) is 1.82. The molecule has 1 N–H and O–H groups in total. The number of amides is 1. The minimum absolute atomic E-state index is 0.0774. The smallest absolute Gasteiger partial charge is 0.354 e. The highest BCUT2D eigenvalue weighted by atomic mass is 32.2. The Kier molecular flexibility index (Phi) is 5.81. The number of rotatable bonds is 6. The average molecular weight is 338 g/mol. The summed E-state index contributed by atoms with van der Waals surface area (Å²) >= 11 is 0. The van der Waals surface area contributed by atoms with Gasteiger partial charge in [-0.25, -0.2) is 8.42 Å². The van der Waals surface area contributed by atoms with Crippen LogP contribution in [-0.2, 0) is 21.0 Å². The van der Waals surface area contributed by atoms with Crippen molar-refractivity contribution >= 4 is 21.6 Å². The van der Waals surface area contributed by atoms with Crippen LogP contribution >= 0.6 is 0 Å². The van der Waals surface area contributed by atoms with Crippen LogP contribution in [0, 0.1) is 0 Å². The third-order valence-corrected chi connectivity index (χ3v) is 4.02. The molecule has 0 bridgehead atoms. The molecule has 0 aliphatic carbocycles. The predicted octanol–water partition coefficient (Wildman–Crippen LogP) is 2.00. The average Bonchev–Trinajstić information content (AvgIpc) is 2.41. The Balaban J connectivity index is 3.12. The van der Waals surface area contributed by atoms with E-state index in [0.717, 1.165) is 18.4 Å². The molecule has 22 heavy (non-hydrogen) atoms. The van der Waals surface area contributed by atoms with Crippen LogP contribution in [0.3, 0.4) is 0 Å². The molecule has 0 spiro atoms. The lowest BCUT2D eigenvalue weighted by molar-refractivity contribution is -0.137. The van der Waals surface area contributed by atoms with E-state index in [1.807, 2.05) is 0 Å². The van der Waals surface area contributed by atoms with Gasteiger partial charge in [-0.2, -0.15) is 13.2 Å². The summed E-state index contributed by atoms with van der Waals surface area (Å²) in [6.45, 7) is 1.26. The first-order valence-corrected chi connectivity index (χ1v) is 8.32. The molecule has 0 fully saturated rings. The fraction of sp³-hybridized carbons (Fsp3) is 0.462. The molecule has 0 aromatic heterocycles. The molecule has 9 heteroatoms. The largest absolute Gasteiger partial charge is 0.418 e. The Bertz CT molecular complexity index is 630.